The molecule has 126 heavy (non-hydrogen) atoms. The maximum atomic E-state index is 15.1. The number of rotatable bonds is 17. The van der Waals surface area contributed by atoms with Crippen molar-refractivity contribution in [1.82, 2.24) is 73.2 Å². The van der Waals surface area contributed by atoms with Crippen LogP contribution >= 0.6 is 34.8 Å². The van der Waals surface area contributed by atoms with E-state index in [0.29, 0.717) is 142 Å². The molecule has 0 aliphatic carbocycles. The lowest BCUT2D eigenvalue weighted by Crippen LogP contribution is -2.58. The number of hydrogen-bond donors (Lipinski definition) is 0. The van der Waals surface area contributed by atoms with E-state index in [1.54, 1.807) is 67.1 Å². The van der Waals surface area contributed by atoms with Gasteiger partial charge in [0, 0.05) is 125 Å². The zero-order valence-corrected chi connectivity index (χ0v) is 76.8. The number of nitrogens with zero attached hydrogens (tertiary/aromatic N) is 19. The monoisotopic (exact) mass is 1760 g/mol. The topological polar surface area (TPSA) is 246 Å². The van der Waals surface area contributed by atoms with Crippen LogP contribution in [0.2, 0.25) is 15.1 Å². The molecule has 25 nitrogen and oxygen atoms in total. The second-order valence-electron chi connectivity index (χ2n) is 34.1. The number of fused-ring (bicyclic) bond motifs is 3. The molecule has 3 aromatic carbocycles. The van der Waals surface area contributed by atoms with Gasteiger partial charge in [-0.2, -0.15) is 15.0 Å². The van der Waals surface area contributed by atoms with Gasteiger partial charge in [0.05, 0.1) is 71.1 Å². The second-order valence-corrected chi connectivity index (χ2v) is 35.3. The quantitative estimate of drug-likeness (QED) is 0.0607. The summed E-state index contributed by atoms with van der Waals surface area (Å²) in [5, 5.41) is 3.11. The number of amides is 3. The zero-order valence-electron chi connectivity index (χ0n) is 74.5. The molecule has 5 atom stereocenters. The summed E-state index contributed by atoms with van der Waals surface area (Å²) < 4.78 is 19.8. The van der Waals surface area contributed by atoms with Gasteiger partial charge in [-0.3, -0.25) is 24.4 Å². The van der Waals surface area contributed by atoms with Crippen LogP contribution in [0.4, 0.5) is 27.7 Å². The minimum Gasteiger partial charge on any atom is -0.355 e. The summed E-state index contributed by atoms with van der Waals surface area (Å²) in [5.41, 5.74) is 9.94. The number of halogens is 4. The van der Waals surface area contributed by atoms with Gasteiger partial charge in [-0.25, -0.2) is 47.4 Å². The van der Waals surface area contributed by atoms with Crippen molar-refractivity contribution in [3.05, 3.63) is 239 Å². The van der Waals surface area contributed by atoms with Crippen molar-refractivity contribution < 1.29 is 18.8 Å². The molecule has 4 fully saturated rings. The van der Waals surface area contributed by atoms with Gasteiger partial charge in [0.25, 0.3) is 0 Å². The SMILES string of the molecule is C=CC(=O)N1CC(C)N(c2nc(=O)n(-c3c(C)ccnc3C(C)C)c3nc(-c4cccc(C#CC)c4)c(Cl)cc23)CC1C.C=CC(=O)N1CC(C)N(c2nc(=O)n(-c3c(C)ccnc3C(C)C)c3nc(N4CCCCC4)c(Cl)cc23)CC1C.C=CC(=O)N1CCN(c2nc(=O)n(-c3c(CN(C)C)cccc3C(C)C)c3nc(-c4ccccc4F)c(Cl)cc23)[C@@H](C)C1. The van der Waals surface area contributed by atoms with Crippen LogP contribution in [0.3, 0.4) is 0 Å². The Hall–Kier alpha value is -12.0. The minimum atomic E-state index is -0.498. The number of benzene rings is 3. The molecule has 656 valence electrons. The summed E-state index contributed by atoms with van der Waals surface area (Å²) in [7, 11) is 3.95. The molecule has 0 saturated carbocycles. The lowest BCUT2D eigenvalue weighted by molar-refractivity contribution is -0.129. The Bertz CT molecular complexity index is 6350. The van der Waals surface area contributed by atoms with Crippen molar-refractivity contribution >= 4 is 109 Å². The lowest BCUT2D eigenvalue weighted by Gasteiger charge is -2.44. The molecular formula is C97H109Cl3FN19O6. The third-order valence-electron chi connectivity index (χ3n) is 23.7. The normalized spacial score (nSPS) is 17.3. The van der Waals surface area contributed by atoms with Crippen LogP contribution in [0.5, 0.6) is 0 Å². The summed E-state index contributed by atoms with van der Waals surface area (Å²) in [6.45, 7) is 44.6. The number of pyridine rings is 5. The standard InChI is InChI=1S/C34H35ClN6O2.C33H36ClFN6O2.C30H38ClN7O2/c1-8-11-24-12-10-13-25(16-24)30-27(35)17-26-32(40-19-22(6)39(18-23(40)7)28(42)9-2)38-34(43)41(33(26)37-30)31-21(5)14-15-36-29(31)20(3)4;1-7-28(42)39-15-16-40(21(4)18-39)31-25-17-26(34)29(24-12-8-9-14-27(24)35)36-32(25)41(33(43)37-31)30-22(19-38(5)6)11-10-13-23(30)20(2)3;1-7-24(39)36-16-21(6)37(17-20(36)5)27-22-15-23(31)29(35-13-9-8-10-14-35)33-28(22)38(30(40)34-27)26-19(4)11-12-32-25(26)18(2)3/h9-10,12-17,20,22-23H,2,18-19H2,1,3-7H3;7-14,17,20-21H,1,15-16,18-19H2,2-6H3;7,11-12,15,18,20-21H,1,8-10,13-14,16-17H2,2-6H3/t;21-;/m.0./s1. The predicted octanol–water partition coefficient (Wildman–Crippen LogP) is 16.4. The Morgan fingerprint density at radius 3 is 1.48 bits per heavy atom. The van der Waals surface area contributed by atoms with E-state index in [0.717, 1.165) is 70.7 Å². The van der Waals surface area contributed by atoms with Crippen LogP contribution < -0.4 is 36.7 Å². The third kappa shape index (κ3) is 18.5. The molecule has 4 saturated heterocycles. The van der Waals surface area contributed by atoms with E-state index in [2.05, 4.69) is 98.9 Å². The number of piperazine rings is 3. The fourth-order valence-corrected chi connectivity index (χ4v) is 18.3. The molecule has 0 bridgehead atoms. The van der Waals surface area contributed by atoms with Gasteiger partial charge >= 0.3 is 17.1 Å². The first-order valence-corrected chi connectivity index (χ1v) is 44.0. The number of aromatic nitrogens is 11. The highest BCUT2D eigenvalue weighted by Crippen LogP contribution is 2.42. The number of para-hydroxylation sites is 1. The van der Waals surface area contributed by atoms with Gasteiger partial charge < -0.3 is 39.2 Å². The van der Waals surface area contributed by atoms with Crippen molar-refractivity contribution in [2.24, 2.45) is 0 Å². The van der Waals surface area contributed by atoms with Gasteiger partial charge in [0.1, 0.15) is 29.1 Å². The van der Waals surface area contributed by atoms with Crippen LogP contribution in [0, 0.1) is 31.5 Å². The molecular weight excluding hydrogens is 1650 g/mol. The molecule has 3 amide bonds. The summed E-state index contributed by atoms with van der Waals surface area (Å²) in [4.78, 5) is 134. The molecule has 4 aliphatic rings. The number of piperidine rings is 1. The summed E-state index contributed by atoms with van der Waals surface area (Å²) in [6.07, 6.45) is 10.9. The molecule has 4 unspecified atom stereocenters. The van der Waals surface area contributed by atoms with Crippen LogP contribution in [0.1, 0.15) is 159 Å². The van der Waals surface area contributed by atoms with Gasteiger partial charge in [-0.1, -0.05) is 144 Å². The zero-order chi connectivity index (χ0) is 90.7. The van der Waals surface area contributed by atoms with E-state index in [-0.39, 0.29) is 82.0 Å². The average Bonchev–Trinajstić information content (AvgIpc) is 0.743. The highest BCUT2D eigenvalue weighted by Gasteiger charge is 2.38. The van der Waals surface area contributed by atoms with Gasteiger partial charge in [-0.15, -0.1) is 5.92 Å². The fourth-order valence-electron chi connectivity index (χ4n) is 17.5. The molecule has 12 heterocycles. The van der Waals surface area contributed by atoms with Crippen molar-refractivity contribution in [2.75, 3.05) is 92.6 Å². The van der Waals surface area contributed by atoms with E-state index in [4.69, 9.17) is 49.8 Å². The van der Waals surface area contributed by atoms with Crippen LogP contribution in [0.25, 0.3) is 72.7 Å². The molecule has 0 spiro atoms. The maximum Gasteiger partial charge on any atom is 0.355 e. The lowest BCUT2D eigenvalue weighted by atomic mass is 9.97. The maximum absolute atomic E-state index is 15.1. The molecule has 0 radical (unpaired) electrons. The predicted molar refractivity (Wildman–Crippen MR) is 505 cm³/mol. The van der Waals surface area contributed by atoms with E-state index in [1.807, 2.05) is 158 Å². The Kier molecular flexibility index (Phi) is 28.3. The van der Waals surface area contributed by atoms with Crippen molar-refractivity contribution in [1.29, 1.82) is 0 Å². The second kappa shape index (κ2) is 38.8. The summed E-state index contributed by atoms with van der Waals surface area (Å²) >= 11 is 20.7. The highest BCUT2D eigenvalue weighted by atomic mass is 35.5. The van der Waals surface area contributed by atoms with Crippen molar-refractivity contribution in [3.8, 4) is 51.4 Å². The number of aryl methyl sites for hydroxylation is 2. The van der Waals surface area contributed by atoms with Gasteiger partial charge in [-0.05, 0) is 202 Å². The molecule has 8 aromatic heterocycles. The van der Waals surface area contributed by atoms with Gasteiger partial charge in [0.15, 0.2) is 16.9 Å². The Morgan fingerprint density at radius 1 is 0.508 bits per heavy atom. The Labute approximate surface area is 749 Å². The molecule has 29 heteroatoms. The van der Waals surface area contributed by atoms with E-state index < -0.39 is 22.9 Å². The fraction of sp³-hybridized carbons (Fsp3) is 0.381. The highest BCUT2D eigenvalue weighted by molar-refractivity contribution is 6.35. The molecule has 11 aromatic rings. The largest absolute Gasteiger partial charge is 0.355 e. The van der Waals surface area contributed by atoms with E-state index in [1.165, 1.54) is 30.7 Å². The minimum absolute atomic E-state index is 0.0453. The van der Waals surface area contributed by atoms with Gasteiger partial charge in [0.2, 0.25) is 17.7 Å². The number of carbonyl (C=O) groups is 3. The Morgan fingerprint density at radius 2 is 0.984 bits per heavy atom. The molecule has 0 N–H and O–H groups in total. The number of carbonyl (C=O) groups excluding carboxylic acids is 3. The number of hydrogen-bond acceptors (Lipinski definition) is 19. The summed E-state index contributed by atoms with van der Waals surface area (Å²) in [6, 6.07) is 28.7. The van der Waals surface area contributed by atoms with Crippen LogP contribution in [0.15, 0.2) is 162 Å². The van der Waals surface area contributed by atoms with Crippen LogP contribution in [-0.4, -0.2) is 194 Å². The smallest absolute Gasteiger partial charge is 0.355 e. The summed E-state index contributed by atoms with van der Waals surface area (Å²) in [5.74, 6) is 7.56. The first-order chi connectivity index (χ1) is 60.2. The third-order valence-corrected chi connectivity index (χ3v) is 24.6. The van der Waals surface area contributed by atoms with Crippen molar-refractivity contribution in [3.63, 3.8) is 0 Å². The van der Waals surface area contributed by atoms with Crippen molar-refractivity contribution in [2.45, 2.75) is 171 Å². The molecule has 15 rings (SSSR count). The first kappa shape index (κ1) is 91.7. The first-order valence-electron chi connectivity index (χ1n) is 42.9. The van der Waals surface area contributed by atoms with E-state index >= 15 is 4.39 Å². The molecule has 4 aliphatic heterocycles. The number of anilines is 4. The Balaban J connectivity index is 0.000000162. The average molecular weight is 1760 g/mol. The van der Waals surface area contributed by atoms with E-state index in [9.17, 15) is 28.8 Å². The van der Waals surface area contributed by atoms with Crippen LogP contribution in [-0.2, 0) is 20.9 Å².